The molecule has 25 heavy (non-hydrogen) atoms. The zero-order valence-corrected chi connectivity index (χ0v) is 14.4. The van der Waals surface area contributed by atoms with Crippen molar-refractivity contribution < 1.29 is 14.2 Å². The molecule has 3 atom stereocenters. The maximum atomic E-state index is 13.8. The Hall–Kier alpha value is -1.76. The van der Waals surface area contributed by atoms with E-state index < -0.39 is 0 Å². The molecule has 2 aliphatic heterocycles. The minimum atomic E-state index is -0.228. The van der Waals surface area contributed by atoms with Gasteiger partial charge < -0.3 is 14.4 Å². The third kappa shape index (κ3) is 3.34. The Balaban J connectivity index is 1.55. The third-order valence-corrected chi connectivity index (χ3v) is 5.28. The van der Waals surface area contributed by atoms with Crippen LogP contribution >= 0.6 is 0 Å². The summed E-state index contributed by atoms with van der Waals surface area (Å²) >= 11 is 0. The number of aromatic nitrogens is 2. The van der Waals surface area contributed by atoms with Crippen LogP contribution in [0.2, 0.25) is 0 Å². The van der Waals surface area contributed by atoms with Gasteiger partial charge in [-0.3, -0.25) is 4.90 Å². The molecule has 1 aromatic heterocycles. The lowest BCUT2D eigenvalue weighted by atomic mass is 10.1. The Morgan fingerprint density at radius 1 is 1.28 bits per heavy atom. The standard InChI is InChI=1S/C19H24FN3O2/c1-13-6-14(8-15(20)7-13)19-21-3-4-23(19)16-9-17-12-25-18(2-5-24)11-22(17)10-16/h3-4,6-8,16-18,24H,2,5,9-12H2,1H3/t16-,17-,18-/m0/s1. The number of morpholine rings is 1. The lowest BCUT2D eigenvalue weighted by Crippen LogP contribution is -2.46. The van der Waals surface area contributed by atoms with E-state index in [9.17, 15) is 4.39 Å². The van der Waals surface area contributed by atoms with Crippen molar-refractivity contribution in [2.75, 3.05) is 26.3 Å². The van der Waals surface area contributed by atoms with Crippen molar-refractivity contribution in [1.29, 1.82) is 0 Å². The number of ether oxygens (including phenoxy) is 1. The zero-order valence-electron chi connectivity index (χ0n) is 14.4. The van der Waals surface area contributed by atoms with E-state index in [0.717, 1.165) is 36.5 Å². The molecule has 5 nitrogen and oxygen atoms in total. The number of aryl methyl sites for hydroxylation is 1. The second kappa shape index (κ2) is 6.86. The summed E-state index contributed by atoms with van der Waals surface area (Å²) in [5.41, 5.74) is 1.72. The van der Waals surface area contributed by atoms with Gasteiger partial charge in [0, 0.05) is 49.7 Å². The van der Waals surface area contributed by atoms with Gasteiger partial charge in [-0.05, 0) is 43.5 Å². The molecule has 0 radical (unpaired) electrons. The second-order valence-electron chi connectivity index (χ2n) is 7.14. The smallest absolute Gasteiger partial charge is 0.140 e. The number of rotatable bonds is 4. The number of aliphatic hydroxyl groups excluding tert-OH is 1. The van der Waals surface area contributed by atoms with E-state index in [4.69, 9.17) is 9.84 Å². The molecule has 4 rings (SSSR count). The highest BCUT2D eigenvalue weighted by Gasteiger charge is 2.38. The summed E-state index contributed by atoms with van der Waals surface area (Å²) in [6.07, 6.45) is 5.59. The molecule has 0 amide bonds. The van der Waals surface area contributed by atoms with Crippen molar-refractivity contribution in [3.05, 3.63) is 42.0 Å². The van der Waals surface area contributed by atoms with Crippen molar-refractivity contribution in [2.45, 2.75) is 38.0 Å². The van der Waals surface area contributed by atoms with Gasteiger partial charge in [0.25, 0.3) is 0 Å². The average molecular weight is 345 g/mol. The van der Waals surface area contributed by atoms with Gasteiger partial charge >= 0.3 is 0 Å². The molecular formula is C19H24FN3O2. The molecule has 2 aliphatic rings. The molecule has 0 saturated carbocycles. The SMILES string of the molecule is Cc1cc(F)cc(-c2nccn2[C@H]2C[C@H]3CO[C@@H](CCO)CN3C2)c1. The van der Waals surface area contributed by atoms with Crippen molar-refractivity contribution in [3.8, 4) is 11.4 Å². The van der Waals surface area contributed by atoms with Crippen molar-refractivity contribution in [2.24, 2.45) is 0 Å². The van der Waals surface area contributed by atoms with Crippen molar-refractivity contribution in [1.82, 2.24) is 14.5 Å². The number of nitrogens with zero attached hydrogens (tertiary/aromatic N) is 3. The lowest BCUT2D eigenvalue weighted by Gasteiger charge is -2.34. The molecular weight excluding hydrogens is 321 g/mol. The summed E-state index contributed by atoms with van der Waals surface area (Å²) < 4.78 is 21.8. The maximum Gasteiger partial charge on any atom is 0.140 e. The number of halogens is 1. The van der Waals surface area contributed by atoms with E-state index in [1.54, 1.807) is 12.3 Å². The van der Waals surface area contributed by atoms with Gasteiger partial charge in [0.15, 0.2) is 0 Å². The Bertz CT molecular complexity index is 728. The molecule has 3 heterocycles. The molecule has 1 N–H and O–H groups in total. The highest BCUT2D eigenvalue weighted by Crippen LogP contribution is 2.34. The summed E-state index contributed by atoms with van der Waals surface area (Å²) in [5.74, 6) is 0.592. The van der Waals surface area contributed by atoms with E-state index in [1.807, 2.05) is 19.2 Å². The van der Waals surface area contributed by atoms with Crippen LogP contribution in [0.4, 0.5) is 4.39 Å². The molecule has 0 bridgehead atoms. The second-order valence-corrected chi connectivity index (χ2v) is 7.14. The van der Waals surface area contributed by atoms with Gasteiger partial charge in [0.2, 0.25) is 0 Å². The van der Waals surface area contributed by atoms with E-state index in [1.165, 1.54) is 6.07 Å². The first kappa shape index (κ1) is 16.7. The molecule has 2 fully saturated rings. The van der Waals surface area contributed by atoms with E-state index in [-0.39, 0.29) is 18.5 Å². The van der Waals surface area contributed by atoms with E-state index >= 15 is 0 Å². The fourth-order valence-corrected chi connectivity index (χ4v) is 4.13. The summed E-state index contributed by atoms with van der Waals surface area (Å²) in [7, 11) is 0. The van der Waals surface area contributed by atoms with Crippen molar-refractivity contribution >= 4 is 0 Å². The lowest BCUT2D eigenvalue weighted by molar-refractivity contribution is -0.0567. The topological polar surface area (TPSA) is 50.5 Å². The van der Waals surface area contributed by atoms with Gasteiger partial charge in [-0.15, -0.1) is 0 Å². The number of aliphatic hydroxyl groups is 1. The van der Waals surface area contributed by atoms with Gasteiger partial charge in [0.05, 0.1) is 12.7 Å². The van der Waals surface area contributed by atoms with Crippen LogP contribution in [-0.2, 0) is 4.74 Å². The quantitative estimate of drug-likeness (QED) is 0.924. The van der Waals surface area contributed by atoms with Gasteiger partial charge in [0.1, 0.15) is 11.6 Å². The van der Waals surface area contributed by atoms with Gasteiger partial charge in [-0.25, -0.2) is 9.37 Å². The molecule has 2 saturated heterocycles. The van der Waals surface area contributed by atoms with E-state index in [0.29, 0.717) is 25.1 Å². The van der Waals surface area contributed by atoms with Crippen LogP contribution in [0.25, 0.3) is 11.4 Å². The summed E-state index contributed by atoms with van der Waals surface area (Å²) in [5, 5.41) is 9.13. The molecule has 0 aliphatic carbocycles. The van der Waals surface area contributed by atoms with Crippen LogP contribution in [-0.4, -0.2) is 58.0 Å². The normalized spacial score (nSPS) is 26.8. The Morgan fingerprint density at radius 2 is 2.16 bits per heavy atom. The van der Waals surface area contributed by atoms with E-state index in [2.05, 4.69) is 14.5 Å². The fourth-order valence-electron chi connectivity index (χ4n) is 4.13. The zero-order chi connectivity index (χ0) is 17.4. The highest BCUT2D eigenvalue weighted by molar-refractivity contribution is 5.57. The summed E-state index contributed by atoms with van der Waals surface area (Å²) in [6.45, 7) is 4.58. The Morgan fingerprint density at radius 3 is 2.96 bits per heavy atom. The van der Waals surface area contributed by atoms with Crippen molar-refractivity contribution in [3.63, 3.8) is 0 Å². The van der Waals surface area contributed by atoms with Crippen LogP contribution in [0, 0.1) is 12.7 Å². The van der Waals surface area contributed by atoms with Crippen LogP contribution in [0.5, 0.6) is 0 Å². The minimum Gasteiger partial charge on any atom is -0.396 e. The first-order chi connectivity index (χ1) is 12.1. The number of imidazole rings is 1. The Labute approximate surface area is 147 Å². The van der Waals surface area contributed by atoms with Crippen LogP contribution < -0.4 is 0 Å². The highest BCUT2D eigenvalue weighted by atomic mass is 19.1. The molecule has 1 aromatic carbocycles. The van der Waals surface area contributed by atoms with Gasteiger partial charge in [-0.1, -0.05) is 0 Å². The average Bonchev–Trinajstić information content (AvgIpc) is 3.20. The van der Waals surface area contributed by atoms with Crippen LogP contribution in [0.1, 0.15) is 24.4 Å². The maximum absolute atomic E-state index is 13.8. The number of benzene rings is 1. The minimum absolute atomic E-state index is 0.119. The molecule has 0 unspecified atom stereocenters. The molecule has 134 valence electrons. The third-order valence-electron chi connectivity index (χ3n) is 5.28. The largest absolute Gasteiger partial charge is 0.396 e. The monoisotopic (exact) mass is 345 g/mol. The summed E-state index contributed by atoms with van der Waals surface area (Å²) in [6, 6.07) is 5.77. The first-order valence-electron chi connectivity index (χ1n) is 8.91. The Kier molecular flexibility index (Phi) is 4.58. The molecule has 2 aromatic rings. The number of fused-ring (bicyclic) bond motifs is 1. The first-order valence-corrected chi connectivity index (χ1v) is 8.91. The molecule has 0 spiro atoms. The van der Waals surface area contributed by atoms with Crippen LogP contribution in [0.15, 0.2) is 30.6 Å². The number of hydrogen-bond donors (Lipinski definition) is 1. The predicted octanol–water partition coefficient (Wildman–Crippen LogP) is 2.39. The fraction of sp³-hybridized carbons (Fsp3) is 0.526. The molecule has 6 heteroatoms. The summed E-state index contributed by atoms with van der Waals surface area (Å²) in [4.78, 5) is 6.94. The van der Waals surface area contributed by atoms with Crippen LogP contribution in [0.3, 0.4) is 0 Å². The van der Waals surface area contributed by atoms with Gasteiger partial charge in [-0.2, -0.15) is 0 Å². The predicted molar refractivity (Wildman–Crippen MR) is 92.8 cm³/mol. The number of hydrogen-bond acceptors (Lipinski definition) is 4.